The molecule has 0 aliphatic heterocycles. The second kappa shape index (κ2) is 5.18. The Bertz CT molecular complexity index is 854. The standard InChI is InChI=1S/C16H14N2O2S/c1-21(19,20)16-17-15(13-8-4-2-5-9-13)12-18(16)14-10-6-3-7-11-14/h2-12H,1H3. The Morgan fingerprint density at radius 2 is 1.48 bits per heavy atom. The minimum atomic E-state index is -3.42. The number of imidazole rings is 1. The van der Waals surface area contributed by atoms with Gasteiger partial charge in [0, 0.05) is 23.7 Å². The van der Waals surface area contributed by atoms with Gasteiger partial charge in [-0.2, -0.15) is 0 Å². The topological polar surface area (TPSA) is 52.0 Å². The van der Waals surface area contributed by atoms with E-state index >= 15 is 0 Å². The molecule has 0 aliphatic carbocycles. The molecule has 0 aliphatic rings. The molecule has 0 unspecified atom stereocenters. The average molecular weight is 298 g/mol. The van der Waals surface area contributed by atoms with E-state index < -0.39 is 9.84 Å². The number of sulfone groups is 1. The summed E-state index contributed by atoms with van der Waals surface area (Å²) in [5.41, 5.74) is 2.30. The van der Waals surface area contributed by atoms with Crippen molar-refractivity contribution in [3.63, 3.8) is 0 Å². The van der Waals surface area contributed by atoms with Gasteiger partial charge < -0.3 is 0 Å². The molecule has 3 aromatic rings. The van der Waals surface area contributed by atoms with Gasteiger partial charge in [0.05, 0.1) is 5.69 Å². The first-order valence-electron chi connectivity index (χ1n) is 6.46. The van der Waals surface area contributed by atoms with Crippen LogP contribution in [0.1, 0.15) is 0 Å². The maximum Gasteiger partial charge on any atom is 0.232 e. The molecule has 1 heterocycles. The summed E-state index contributed by atoms with van der Waals surface area (Å²) in [6.45, 7) is 0. The zero-order chi connectivity index (χ0) is 14.9. The summed E-state index contributed by atoms with van der Waals surface area (Å²) in [4.78, 5) is 4.30. The molecule has 21 heavy (non-hydrogen) atoms. The molecular formula is C16H14N2O2S. The highest BCUT2D eigenvalue weighted by Gasteiger charge is 2.19. The Morgan fingerprint density at radius 1 is 0.905 bits per heavy atom. The van der Waals surface area contributed by atoms with E-state index in [0.717, 1.165) is 11.3 Å². The van der Waals surface area contributed by atoms with E-state index in [9.17, 15) is 8.42 Å². The zero-order valence-electron chi connectivity index (χ0n) is 11.5. The zero-order valence-corrected chi connectivity index (χ0v) is 12.3. The van der Waals surface area contributed by atoms with Crippen molar-refractivity contribution < 1.29 is 8.42 Å². The molecule has 2 aromatic carbocycles. The Kier molecular flexibility index (Phi) is 3.35. The van der Waals surface area contributed by atoms with E-state index in [-0.39, 0.29) is 5.16 Å². The van der Waals surface area contributed by atoms with Gasteiger partial charge in [0.2, 0.25) is 15.0 Å². The fourth-order valence-electron chi connectivity index (χ4n) is 2.15. The number of para-hydroxylation sites is 1. The smallest absolute Gasteiger partial charge is 0.232 e. The molecular weight excluding hydrogens is 284 g/mol. The van der Waals surface area contributed by atoms with Crippen molar-refractivity contribution in [2.45, 2.75) is 5.16 Å². The van der Waals surface area contributed by atoms with Crippen LogP contribution in [-0.2, 0) is 9.84 Å². The summed E-state index contributed by atoms with van der Waals surface area (Å²) >= 11 is 0. The van der Waals surface area contributed by atoms with E-state index in [2.05, 4.69) is 4.98 Å². The molecule has 0 saturated heterocycles. The van der Waals surface area contributed by atoms with E-state index in [4.69, 9.17) is 0 Å². The van der Waals surface area contributed by atoms with Crippen LogP contribution in [0.3, 0.4) is 0 Å². The minimum absolute atomic E-state index is 0.0487. The van der Waals surface area contributed by atoms with Gasteiger partial charge in [-0.3, -0.25) is 4.57 Å². The highest BCUT2D eigenvalue weighted by molar-refractivity contribution is 7.90. The van der Waals surface area contributed by atoms with Gasteiger partial charge >= 0.3 is 0 Å². The summed E-state index contributed by atoms with van der Waals surface area (Å²) in [5.74, 6) is 0. The van der Waals surface area contributed by atoms with Crippen molar-refractivity contribution in [3.05, 3.63) is 66.9 Å². The number of hydrogen-bond donors (Lipinski definition) is 0. The summed E-state index contributed by atoms with van der Waals surface area (Å²) in [6, 6.07) is 18.8. The second-order valence-electron chi connectivity index (χ2n) is 4.75. The molecule has 0 fully saturated rings. The average Bonchev–Trinajstić information content (AvgIpc) is 2.94. The fraction of sp³-hybridized carbons (Fsp3) is 0.0625. The van der Waals surface area contributed by atoms with Crippen molar-refractivity contribution in [2.75, 3.05) is 6.26 Å². The normalized spacial score (nSPS) is 11.5. The van der Waals surface area contributed by atoms with Crippen LogP contribution in [0.4, 0.5) is 0 Å². The van der Waals surface area contributed by atoms with E-state index in [1.54, 1.807) is 10.8 Å². The van der Waals surface area contributed by atoms with Gasteiger partial charge in [-0.15, -0.1) is 0 Å². The SMILES string of the molecule is CS(=O)(=O)c1nc(-c2ccccc2)cn1-c1ccccc1. The van der Waals surface area contributed by atoms with Crippen molar-refractivity contribution >= 4 is 9.84 Å². The molecule has 0 amide bonds. The molecule has 0 spiro atoms. The van der Waals surface area contributed by atoms with Crippen molar-refractivity contribution in [2.24, 2.45) is 0 Å². The van der Waals surface area contributed by atoms with Crippen LogP contribution >= 0.6 is 0 Å². The van der Waals surface area contributed by atoms with Crippen LogP contribution in [0.5, 0.6) is 0 Å². The maximum absolute atomic E-state index is 12.0. The minimum Gasteiger partial charge on any atom is -0.290 e. The third-order valence-corrected chi connectivity index (χ3v) is 4.06. The lowest BCUT2D eigenvalue weighted by Gasteiger charge is -2.05. The lowest BCUT2D eigenvalue weighted by molar-refractivity contribution is 0.590. The van der Waals surface area contributed by atoms with E-state index in [1.165, 1.54) is 6.26 Å². The summed E-state index contributed by atoms with van der Waals surface area (Å²) in [6.07, 6.45) is 2.92. The number of hydrogen-bond acceptors (Lipinski definition) is 3. The molecule has 106 valence electrons. The van der Waals surface area contributed by atoms with Crippen molar-refractivity contribution in [1.82, 2.24) is 9.55 Å². The number of rotatable bonds is 3. The van der Waals surface area contributed by atoms with Gasteiger partial charge in [0.1, 0.15) is 0 Å². The third kappa shape index (κ3) is 2.73. The Balaban J connectivity index is 2.22. The second-order valence-corrected chi connectivity index (χ2v) is 6.66. The van der Waals surface area contributed by atoms with Gasteiger partial charge in [0.15, 0.2) is 0 Å². The Hall–Kier alpha value is -2.40. The monoisotopic (exact) mass is 298 g/mol. The lowest BCUT2D eigenvalue weighted by atomic mass is 10.2. The van der Waals surface area contributed by atoms with Crippen molar-refractivity contribution in [3.8, 4) is 16.9 Å². The first kappa shape index (κ1) is 13.6. The Labute approximate surface area is 123 Å². The number of aromatic nitrogens is 2. The summed E-state index contributed by atoms with van der Waals surface area (Å²) in [5, 5.41) is 0.0487. The van der Waals surface area contributed by atoms with Crippen LogP contribution in [0.25, 0.3) is 16.9 Å². The lowest BCUT2D eigenvalue weighted by Crippen LogP contribution is -2.07. The molecule has 0 atom stereocenters. The number of benzene rings is 2. The molecule has 0 saturated carbocycles. The highest BCUT2D eigenvalue weighted by Crippen LogP contribution is 2.23. The van der Waals surface area contributed by atoms with Crippen LogP contribution in [0.2, 0.25) is 0 Å². The summed E-state index contributed by atoms with van der Waals surface area (Å²) < 4.78 is 25.6. The molecule has 0 bridgehead atoms. The van der Waals surface area contributed by atoms with Gasteiger partial charge in [-0.1, -0.05) is 48.5 Å². The first-order valence-corrected chi connectivity index (χ1v) is 8.35. The molecule has 5 heteroatoms. The van der Waals surface area contributed by atoms with Gasteiger partial charge in [-0.05, 0) is 12.1 Å². The maximum atomic E-state index is 12.0. The molecule has 1 aromatic heterocycles. The summed E-state index contributed by atoms with van der Waals surface area (Å²) in [7, 11) is -3.42. The van der Waals surface area contributed by atoms with Crippen LogP contribution in [0, 0.1) is 0 Å². The van der Waals surface area contributed by atoms with E-state index in [1.807, 2.05) is 60.7 Å². The van der Waals surface area contributed by atoms with Crippen molar-refractivity contribution in [1.29, 1.82) is 0 Å². The molecule has 0 N–H and O–H groups in total. The molecule has 3 rings (SSSR count). The molecule has 0 radical (unpaired) electrons. The van der Waals surface area contributed by atoms with Crippen LogP contribution in [0.15, 0.2) is 72.0 Å². The first-order chi connectivity index (χ1) is 10.1. The van der Waals surface area contributed by atoms with E-state index in [0.29, 0.717) is 5.69 Å². The third-order valence-electron chi connectivity index (χ3n) is 3.11. The number of nitrogens with zero attached hydrogens (tertiary/aromatic N) is 2. The predicted molar refractivity (Wildman–Crippen MR) is 82.1 cm³/mol. The molecule has 4 nitrogen and oxygen atoms in total. The van der Waals surface area contributed by atoms with Gasteiger partial charge in [0.25, 0.3) is 0 Å². The fourth-order valence-corrected chi connectivity index (χ4v) is 2.93. The Morgan fingerprint density at radius 3 is 2.05 bits per heavy atom. The predicted octanol–water partition coefficient (Wildman–Crippen LogP) is 2.94. The quantitative estimate of drug-likeness (QED) is 0.747. The van der Waals surface area contributed by atoms with Crippen LogP contribution < -0.4 is 0 Å². The van der Waals surface area contributed by atoms with Gasteiger partial charge in [-0.25, -0.2) is 13.4 Å². The largest absolute Gasteiger partial charge is 0.290 e. The highest BCUT2D eigenvalue weighted by atomic mass is 32.2. The van der Waals surface area contributed by atoms with Crippen LogP contribution in [-0.4, -0.2) is 24.2 Å².